The summed E-state index contributed by atoms with van der Waals surface area (Å²) in [7, 11) is 0. The fourth-order valence-corrected chi connectivity index (χ4v) is 3.00. The molecular weight excluding hydrogens is 260 g/mol. The predicted molar refractivity (Wildman–Crippen MR) is 88.9 cm³/mol. The molecule has 21 heavy (non-hydrogen) atoms. The summed E-state index contributed by atoms with van der Waals surface area (Å²) in [6.07, 6.45) is 6.39. The third-order valence-corrected chi connectivity index (χ3v) is 4.06. The number of ether oxygens (including phenoxy) is 1. The average Bonchev–Trinajstić information content (AvgIpc) is 2.54. The highest BCUT2D eigenvalue weighted by molar-refractivity contribution is 5.20. The Kier molecular flexibility index (Phi) is 7.61. The second kappa shape index (κ2) is 9.80. The second-order valence-electron chi connectivity index (χ2n) is 5.96. The fraction of sp³-hybridized carbons (Fsp3) is 0.667. The third kappa shape index (κ3) is 6.49. The van der Waals surface area contributed by atoms with Crippen LogP contribution in [-0.2, 0) is 0 Å². The molecule has 0 radical (unpaired) electrons. The van der Waals surface area contributed by atoms with Crippen molar-refractivity contribution in [3.8, 4) is 5.75 Å². The van der Waals surface area contributed by atoms with Gasteiger partial charge in [-0.1, -0.05) is 31.5 Å². The molecule has 0 spiro atoms. The van der Waals surface area contributed by atoms with Crippen molar-refractivity contribution in [3.63, 3.8) is 0 Å². The molecule has 1 aromatic rings. The summed E-state index contributed by atoms with van der Waals surface area (Å²) in [4.78, 5) is 2.59. The number of nitrogens with zero attached hydrogens (tertiary/aromatic N) is 1. The first-order chi connectivity index (χ1) is 10.4. The number of nitrogens with one attached hydrogen (secondary N) is 1. The van der Waals surface area contributed by atoms with Crippen LogP contribution in [0.15, 0.2) is 30.3 Å². The van der Waals surface area contributed by atoms with Gasteiger partial charge in [-0.25, -0.2) is 0 Å². The van der Waals surface area contributed by atoms with Gasteiger partial charge >= 0.3 is 0 Å². The number of rotatable bonds is 9. The van der Waals surface area contributed by atoms with Gasteiger partial charge in [-0.05, 0) is 50.9 Å². The SMILES string of the molecule is CCCN(CCCOc1ccccc1)CC1CCCCN1. The topological polar surface area (TPSA) is 24.5 Å². The Hall–Kier alpha value is -1.06. The smallest absolute Gasteiger partial charge is 0.119 e. The van der Waals surface area contributed by atoms with Gasteiger partial charge in [0.05, 0.1) is 6.61 Å². The van der Waals surface area contributed by atoms with Crippen LogP contribution in [0.3, 0.4) is 0 Å². The average molecular weight is 290 g/mol. The van der Waals surface area contributed by atoms with Crippen LogP contribution in [0.2, 0.25) is 0 Å². The number of hydrogen-bond acceptors (Lipinski definition) is 3. The monoisotopic (exact) mass is 290 g/mol. The highest BCUT2D eigenvalue weighted by atomic mass is 16.5. The zero-order valence-electron chi connectivity index (χ0n) is 13.4. The van der Waals surface area contributed by atoms with Gasteiger partial charge in [-0.3, -0.25) is 0 Å². The maximum atomic E-state index is 5.78. The Bertz CT molecular complexity index is 363. The molecule has 1 atom stereocenters. The largest absolute Gasteiger partial charge is 0.494 e. The van der Waals surface area contributed by atoms with E-state index >= 15 is 0 Å². The Morgan fingerprint density at radius 1 is 1.19 bits per heavy atom. The van der Waals surface area contributed by atoms with E-state index in [4.69, 9.17) is 4.74 Å². The standard InChI is InChI=1S/C18H30N2O/c1-2-13-20(16-17-9-6-7-12-19-17)14-8-15-21-18-10-4-3-5-11-18/h3-5,10-11,17,19H,2,6-9,12-16H2,1H3. The Balaban J connectivity index is 1.64. The molecule has 0 aromatic heterocycles. The molecule has 1 aliphatic rings. The van der Waals surface area contributed by atoms with Gasteiger partial charge < -0.3 is 15.0 Å². The Labute approximate surface area is 129 Å². The van der Waals surface area contributed by atoms with E-state index in [1.54, 1.807) is 0 Å². The summed E-state index contributed by atoms with van der Waals surface area (Å²) in [5, 5.41) is 3.65. The van der Waals surface area contributed by atoms with Crippen LogP contribution in [0.4, 0.5) is 0 Å². The van der Waals surface area contributed by atoms with Crippen LogP contribution < -0.4 is 10.1 Å². The maximum absolute atomic E-state index is 5.78. The lowest BCUT2D eigenvalue weighted by Gasteiger charge is -2.30. The van der Waals surface area contributed by atoms with Crippen molar-refractivity contribution in [2.24, 2.45) is 0 Å². The minimum Gasteiger partial charge on any atom is -0.494 e. The van der Waals surface area contributed by atoms with Gasteiger partial charge in [-0.15, -0.1) is 0 Å². The Morgan fingerprint density at radius 2 is 2.05 bits per heavy atom. The van der Waals surface area contributed by atoms with Crippen molar-refractivity contribution in [2.45, 2.75) is 45.1 Å². The fourth-order valence-electron chi connectivity index (χ4n) is 3.00. The summed E-state index contributed by atoms with van der Waals surface area (Å²) >= 11 is 0. The zero-order chi connectivity index (χ0) is 14.8. The van der Waals surface area contributed by atoms with Crippen molar-refractivity contribution in [3.05, 3.63) is 30.3 Å². The highest BCUT2D eigenvalue weighted by Gasteiger charge is 2.15. The molecular formula is C18H30N2O. The summed E-state index contributed by atoms with van der Waals surface area (Å²) in [6.45, 7) is 7.80. The molecule has 1 fully saturated rings. The van der Waals surface area contributed by atoms with E-state index in [1.807, 2.05) is 30.3 Å². The molecule has 1 heterocycles. The van der Waals surface area contributed by atoms with Crippen molar-refractivity contribution in [1.82, 2.24) is 10.2 Å². The van der Waals surface area contributed by atoms with Crippen LogP contribution in [0, 0.1) is 0 Å². The minimum absolute atomic E-state index is 0.695. The third-order valence-electron chi connectivity index (χ3n) is 4.06. The molecule has 1 aliphatic heterocycles. The van der Waals surface area contributed by atoms with Crippen molar-refractivity contribution < 1.29 is 4.74 Å². The summed E-state index contributed by atoms with van der Waals surface area (Å²) < 4.78 is 5.78. The molecule has 3 heteroatoms. The molecule has 0 bridgehead atoms. The van der Waals surface area contributed by atoms with Gasteiger partial charge in [0.1, 0.15) is 5.75 Å². The lowest BCUT2D eigenvalue weighted by atomic mass is 10.0. The molecule has 0 aliphatic carbocycles. The van der Waals surface area contributed by atoms with E-state index in [0.29, 0.717) is 6.04 Å². The first-order valence-electron chi connectivity index (χ1n) is 8.52. The van der Waals surface area contributed by atoms with Crippen LogP contribution in [0.1, 0.15) is 39.0 Å². The summed E-state index contributed by atoms with van der Waals surface area (Å²) in [6, 6.07) is 10.8. The van der Waals surface area contributed by atoms with Crippen molar-refractivity contribution in [1.29, 1.82) is 0 Å². The molecule has 2 rings (SSSR count). The van der Waals surface area contributed by atoms with Gasteiger partial charge in [0, 0.05) is 19.1 Å². The molecule has 3 nitrogen and oxygen atoms in total. The molecule has 1 saturated heterocycles. The number of hydrogen-bond donors (Lipinski definition) is 1. The maximum Gasteiger partial charge on any atom is 0.119 e. The van der Waals surface area contributed by atoms with Crippen molar-refractivity contribution >= 4 is 0 Å². The van der Waals surface area contributed by atoms with Gasteiger partial charge in [0.2, 0.25) is 0 Å². The predicted octanol–water partition coefficient (Wildman–Crippen LogP) is 3.31. The summed E-state index contributed by atoms with van der Waals surface area (Å²) in [5.41, 5.74) is 0. The second-order valence-corrected chi connectivity index (χ2v) is 5.96. The van der Waals surface area contributed by atoms with E-state index in [-0.39, 0.29) is 0 Å². The van der Waals surface area contributed by atoms with Crippen LogP contribution in [0.25, 0.3) is 0 Å². The number of piperidine rings is 1. The van der Waals surface area contributed by atoms with Gasteiger partial charge in [-0.2, -0.15) is 0 Å². The van der Waals surface area contributed by atoms with E-state index in [1.165, 1.54) is 45.3 Å². The quantitative estimate of drug-likeness (QED) is 0.706. The van der Waals surface area contributed by atoms with Crippen LogP contribution in [0.5, 0.6) is 5.75 Å². The van der Waals surface area contributed by atoms with Crippen LogP contribution >= 0.6 is 0 Å². The van der Waals surface area contributed by atoms with E-state index in [2.05, 4.69) is 17.1 Å². The molecule has 1 N–H and O–H groups in total. The molecule has 1 aromatic carbocycles. The van der Waals surface area contributed by atoms with E-state index in [9.17, 15) is 0 Å². The molecule has 0 amide bonds. The summed E-state index contributed by atoms with van der Waals surface area (Å²) in [5.74, 6) is 0.980. The highest BCUT2D eigenvalue weighted by Crippen LogP contribution is 2.10. The van der Waals surface area contributed by atoms with Crippen molar-refractivity contribution in [2.75, 3.05) is 32.8 Å². The minimum atomic E-state index is 0.695. The normalized spacial score (nSPS) is 18.9. The van der Waals surface area contributed by atoms with Crippen LogP contribution in [-0.4, -0.2) is 43.7 Å². The molecule has 0 saturated carbocycles. The van der Waals surface area contributed by atoms with E-state index < -0.39 is 0 Å². The number of para-hydroxylation sites is 1. The van der Waals surface area contributed by atoms with Gasteiger partial charge in [0.15, 0.2) is 0 Å². The first kappa shape index (κ1) is 16.3. The first-order valence-corrected chi connectivity index (χ1v) is 8.52. The zero-order valence-corrected chi connectivity index (χ0v) is 13.4. The lowest BCUT2D eigenvalue weighted by Crippen LogP contribution is -2.44. The Morgan fingerprint density at radius 3 is 2.76 bits per heavy atom. The molecule has 1 unspecified atom stereocenters. The van der Waals surface area contributed by atoms with E-state index in [0.717, 1.165) is 25.3 Å². The lowest BCUT2D eigenvalue weighted by molar-refractivity contribution is 0.203. The molecule has 118 valence electrons. The van der Waals surface area contributed by atoms with Gasteiger partial charge in [0.25, 0.3) is 0 Å². The number of benzene rings is 1.